The van der Waals surface area contributed by atoms with Crippen molar-refractivity contribution in [1.82, 2.24) is 4.98 Å². The van der Waals surface area contributed by atoms with Crippen LogP contribution in [-0.4, -0.2) is 16.9 Å². The molecule has 2 aromatic rings. The topological polar surface area (TPSA) is 66.0 Å². The van der Waals surface area contributed by atoms with Crippen LogP contribution >= 0.6 is 0 Å². The highest BCUT2D eigenvalue weighted by Gasteiger charge is 2.27. The van der Waals surface area contributed by atoms with Crippen molar-refractivity contribution < 1.29 is 0 Å². The average Bonchev–Trinajstić information content (AvgIpc) is 2.73. The molecule has 0 spiro atoms. The summed E-state index contributed by atoms with van der Waals surface area (Å²) in [7, 11) is 0. The van der Waals surface area contributed by atoms with Crippen molar-refractivity contribution in [1.29, 1.82) is 5.41 Å². The van der Waals surface area contributed by atoms with Crippen LogP contribution in [0.4, 0.5) is 11.5 Å². The van der Waals surface area contributed by atoms with Gasteiger partial charge in [0.05, 0.1) is 0 Å². The van der Waals surface area contributed by atoms with E-state index in [4.69, 9.17) is 11.1 Å². The lowest BCUT2D eigenvalue weighted by Crippen LogP contribution is -2.25. The summed E-state index contributed by atoms with van der Waals surface area (Å²) in [4.78, 5) is 6.85. The summed E-state index contributed by atoms with van der Waals surface area (Å²) in [6.45, 7) is 4.13. The number of benzene rings is 1. The van der Waals surface area contributed by atoms with E-state index in [1.807, 2.05) is 25.1 Å². The highest BCUT2D eigenvalue weighted by atomic mass is 15.2. The lowest BCUT2D eigenvalue weighted by Gasteiger charge is -2.24. The van der Waals surface area contributed by atoms with E-state index < -0.39 is 0 Å². The number of aryl methyl sites for hydroxylation is 1. The molecule has 1 unspecified atom stereocenters. The van der Waals surface area contributed by atoms with Crippen LogP contribution in [0.3, 0.4) is 0 Å². The van der Waals surface area contributed by atoms with Gasteiger partial charge in [-0.05, 0) is 44.0 Å². The molecule has 1 aliphatic rings. The Hall–Kier alpha value is -2.36. The minimum Gasteiger partial charge on any atom is -0.384 e. The number of aromatic nitrogens is 1. The first-order chi connectivity index (χ1) is 9.56. The molecule has 0 radical (unpaired) electrons. The van der Waals surface area contributed by atoms with Gasteiger partial charge in [0.1, 0.15) is 11.7 Å². The third-order valence-corrected chi connectivity index (χ3v) is 3.70. The first-order valence-electron chi connectivity index (χ1n) is 6.76. The van der Waals surface area contributed by atoms with Crippen molar-refractivity contribution >= 4 is 17.3 Å². The molecule has 3 N–H and O–H groups in total. The van der Waals surface area contributed by atoms with Crippen LogP contribution in [0.5, 0.6) is 0 Å². The molecule has 1 aliphatic heterocycles. The monoisotopic (exact) mass is 266 g/mol. The lowest BCUT2D eigenvalue weighted by molar-refractivity contribution is 0.749. The maximum absolute atomic E-state index is 7.63. The van der Waals surface area contributed by atoms with Gasteiger partial charge in [-0.25, -0.2) is 4.98 Å². The molecule has 1 aromatic heterocycles. The van der Waals surface area contributed by atoms with Gasteiger partial charge in [-0.2, -0.15) is 0 Å². The number of anilines is 2. The van der Waals surface area contributed by atoms with Crippen LogP contribution in [0, 0.1) is 12.3 Å². The van der Waals surface area contributed by atoms with E-state index in [0.29, 0.717) is 6.04 Å². The summed E-state index contributed by atoms with van der Waals surface area (Å²) in [5.74, 6) is 0.949. The molecule has 0 amide bonds. The number of nitrogens with two attached hydrogens (primary N) is 1. The van der Waals surface area contributed by atoms with Gasteiger partial charge in [0, 0.05) is 23.0 Å². The van der Waals surface area contributed by atoms with Crippen LogP contribution in [0.1, 0.15) is 23.7 Å². The Morgan fingerprint density at radius 3 is 2.85 bits per heavy atom. The predicted molar refractivity (Wildman–Crippen MR) is 81.7 cm³/mol. The molecule has 20 heavy (non-hydrogen) atoms. The molecule has 1 aromatic carbocycles. The highest BCUT2D eigenvalue weighted by molar-refractivity contribution is 5.96. The average molecular weight is 266 g/mol. The number of nitrogens with one attached hydrogen (secondary N) is 1. The Morgan fingerprint density at radius 2 is 2.10 bits per heavy atom. The molecule has 4 nitrogen and oxygen atoms in total. The minimum absolute atomic E-state index is 0.0804. The molecular weight excluding hydrogens is 248 g/mol. The largest absolute Gasteiger partial charge is 0.384 e. The van der Waals surface area contributed by atoms with Gasteiger partial charge in [-0.3, -0.25) is 5.41 Å². The van der Waals surface area contributed by atoms with E-state index in [9.17, 15) is 0 Å². The van der Waals surface area contributed by atoms with E-state index >= 15 is 0 Å². The Balaban J connectivity index is 2.11. The third-order valence-electron chi connectivity index (χ3n) is 3.70. The van der Waals surface area contributed by atoms with E-state index in [1.54, 1.807) is 0 Å². The van der Waals surface area contributed by atoms with Gasteiger partial charge < -0.3 is 10.6 Å². The van der Waals surface area contributed by atoms with Crippen molar-refractivity contribution in [2.24, 2.45) is 5.73 Å². The number of para-hydroxylation sites is 1. The Morgan fingerprint density at radius 1 is 1.35 bits per heavy atom. The quantitative estimate of drug-likeness (QED) is 0.649. The van der Waals surface area contributed by atoms with E-state index in [1.165, 1.54) is 11.3 Å². The zero-order valence-corrected chi connectivity index (χ0v) is 11.7. The summed E-state index contributed by atoms with van der Waals surface area (Å²) in [6, 6.07) is 12.5. The number of nitrogen functional groups attached to an aromatic ring is 1. The highest BCUT2D eigenvalue weighted by Crippen LogP contribution is 2.37. The van der Waals surface area contributed by atoms with Gasteiger partial charge >= 0.3 is 0 Å². The smallest absolute Gasteiger partial charge is 0.134 e. The SMILES string of the molecule is Cc1cc(C(=N)N)cc(N2c3ccccc3CC2C)n1. The van der Waals surface area contributed by atoms with Gasteiger partial charge in [-0.15, -0.1) is 0 Å². The molecule has 0 saturated carbocycles. The molecular formula is C16H18N4. The van der Waals surface area contributed by atoms with Crippen LogP contribution in [0.25, 0.3) is 0 Å². The second-order valence-corrected chi connectivity index (χ2v) is 5.32. The molecule has 0 saturated heterocycles. The zero-order valence-electron chi connectivity index (χ0n) is 11.7. The first kappa shape index (κ1) is 12.7. The molecule has 0 fully saturated rings. The number of pyridine rings is 1. The number of amidine groups is 1. The van der Waals surface area contributed by atoms with Crippen molar-refractivity contribution in [2.75, 3.05) is 4.90 Å². The predicted octanol–water partition coefficient (Wildman–Crippen LogP) is 2.76. The van der Waals surface area contributed by atoms with Gasteiger partial charge in [0.25, 0.3) is 0 Å². The Labute approximate surface area is 118 Å². The number of rotatable bonds is 2. The Bertz CT molecular complexity index is 678. The molecule has 102 valence electrons. The minimum atomic E-state index is 0.0804. The molecule has 1 atom stereocenters. The summed E-state index contributed by atoms with van der Waals surface area (Å²) in [5.41, 5.74) is 9.76. The first-order valence-corrected chi connectivity index (χ1v) is 6.76. The summed E-state index contributed by atoms with van der Waals surface area (Å²) >= 11 is 0. The van der Waals surface area contributed by atoms with Crippen molar-refractivity contribution in [3.8, 4) is 0 Å². The van der Waals surface area contributed by atoms with E-state index in [0.717, 1.165) is 23.5 Å². The number of hydrogen-bond acceptors (Lipinski definition) is 3. The molecule has 4 heteroatoms. The van der Waals surface area contributed by atoms with Crippen LogP contribution < -0.4 is 10.6 Å². The standard InChI is InChI=1S/C16H18N4/c1-10-7-13(16(17)18)9-15(19-10)20-11(2)8-12-5-3-4-6-14(12)20/h3-7,9,11H,8H2,1-2H3,(H3,17,18). The van der Waals surface area contributed by atoms with Crippen molar-refractivity contribution in [2.45, 2.75) is 26.3 Å². The maximum Gasteiger partial charge on any atom is 0.134 e. The van der Waals surface area contributed by atoms with Crippen LogP contribution in [-0.2, 0) is 6.42 Å². The second-order valence-electron chi connectivity index (χ2n) is 5.32. The van der Waals surface area contributed by atoms with Gasteiger partial charge in [0.15, 0.2) is 0 Å². The fraction of sp³-hybridized carbons (Fsp3) is 0.250. The molecule has 0 aliphatic carbocycles. The van der Waals surface area contributed by atoms with Crippen LogP contribution in [0.2, 0.25) is 0 Å². The van der Waals surface area contributed by atoms with Gasteiger partial charge in [-0.1, -0.05) is 18.2 Å². The van der Waals surface area contributed by atoms with Gasteiger partial charge in [0.2, 0.25) is 0 Å². The Kier molecular flexibility index (Phi) is 2.93. The van der Waals surface area contributed by atoms with E-state index in [-0.39, 0.29) is 5.84 Å². The van der Waals surface area contributed by atoms with Crippen LogP contribution in [0.15, 0.2) is 36.4 Å². The molecule has 3 rings (SSSR count). The normalized spacial score (nSPS) is 17.1. The lowest BCUT2D eigenvalue weighted by atomic mass is 10.1. The third kappa shape index (κ3) is 2.03. The number of hydrogen-bond donors (Lipinski definition) is 2. The fourth-order valence-corrected chi connectivity index (χ4v) is 2.84. The summed E-state index contributed by atoms with van der Waals surface area (Å²) in [5, 5.41) is 7.63. The zero-order chi connectivity index (χ0) is 14.3. The summed E-state index contributed by atoms with van der Waals surface area (Å²) in [6.07, 6.45) is 1.02. The number of nitrogens with zero attached hydrogens (tertiary/aromatic N) is 2. The second kappa shape index (κ2) is 4.63. The number of fused-ring (bicyclic) bond motifs is 1. The maximum atomic E-state index is 7.63. The molecule has 2 heterocycles. The van der Waals surface area contributed by atoms with E-state index in [2.05, 4.69) is 35.0 Å². The molecule has 0 bridgehead atoms. The fourth-order valence-electron chi connectivity index (χ4n) is 2.84. The van der Waals surface area contributed by atoms with Crippen molar-refractivity contribution in [3.05, 3.63) is 53.2 Å². The summed E-state index contributed by atoms with van der Waals surface area (Å²) < 4.78 is 0. The van der Waals surface area contributed by atoms with Crippen molar-refractivity contribution in [3.63, 3.8) is 0 Å².